The molecule has 5 rings (SSSR count). The Morgan fingerprint density at radius 2 is 1.73 bits per heavy atom. The van der Waals surface area contributed by atoms with Crippen LogP contribution in [0.15, 0.2) is 93.8 Å². The van der Waals surface area contributed by atoms with Crippen LogP contribution >= 0.6 is 35.4 Å². The maximum Gasteiger partial charge on any atom is 0.291 e. The quantitative estimate of drug-likeness (QED) is 0.137. The predicted octanol–water partition coefficient (Wildman–Crippen LogP) is 8.09. The molecular formula is C30H21Cl2N3O4S. The number of nitrogens with one attached hydrogen (secondary N) is 3. The summed E-state index contributed by atoms with van der Waals surface area (Å²) in [6, 6.07) is 23.1. The number of furan rings is 2. The fraction of sp³-hybridized carbons (Fsp3) is 0.0333. The van der Waals surface area contributed by atoms with Crippen molar-refractivity contribution in [3.05, 3.63) is 112 Å². The van der Waals surface area contributed by atoms with Gasteiger partial charge in [0.2, 0.25) is 5.91 Å². The molecule has 40 heavy (non-hydrogen) atoms. The van der Waals surface area contributed by atoms with Crippen molar-refractivity contribution in [1.29, 1.82) is 0 Å². The van der Waals surface area contributed by atoms with Gasteiger partial charge in [0.05, 0.1) is 10.0 Å². The summed E-state index contributed by atoms with van der Waals surface area (Å²) in [5.41, 5.74) is 3.34. The van der Waals surface area contributed by atoms with Crippen molar-refractivity contribution in [3.63, 3.8) is 0 Å². The lowest BCUT2D eigenvalue weighted by Crippen LogP contribution is -2.32. The zero-order chi connectivity index (χ0) is 28.2. The Hall–Kier alpha value is -4.37. The molecule has 0 spiro atoms. The van der Waals surface area contributed by atoms with Crippen molar-refractivity contribution in [1.82, 2.24) is 5.32 Å². The van der Waals surface area contributed by atoms with E-state index in [1.54, 1.807) is 60.7 Å². The van der Waals surface area contributed by atoms with Crippen LogP contribution in [-0.4, -0.2) is 16.9 Å². The molecule has 0 unspecified atom stereocenters. The van der Waals surface area contributed by atoms with E-state index in [1.807, 2.05) is 25.1 Å². The van der Waals surface area contributed by atoms with Gasteiger partial charge < -0.3 is 19.5 Å². The van der Waals surface area contributed by atoms with Gasteiger partial charge in [0.1, 0.15) is 17.1 Å². The highest BCUT2D eigenvalue weighted by Crippen LogP contribution is 2.34. The van der Waals surface area contributed by atoms with E-state index in [9.17, 15) is 9.59 Å². The molecule has 0 fully saturated rings. The van der Waals surface area contributed by atoms with Gasteiger partial charge in [0.25, 0.3) is 5.91 Å². The summed E-state index contributed by atoms with van der Waals surface area (Å²) in [5.74, 6) is 0.406. The summed E-state index contributed by atoms with van der Waals surface area (Å²) in [6.45, 7) is 1.85. The van der Waals surface area contributed by atoms with Crippen molar-refractivity contribution in [2.24, 2.45) is 0 Å². The first kappa shape index (κ1) is 27.2. The van der Waals surface area contributed by atoms with E-state index in [-0.39, 0.29) is 16.8 Å². The number of carbonyl (C=O) groups is 2. The largest absolute Gasteiger partial charge is 0.457 e. The van der Waals surface area contributed by atoms with Crippen molar-refractivity contribution < 1.29 is 18.4 Å². The molecule has 10 heteroatoms. The summed E-state index contributed by atoms with van der Waals surface area (Å²) in [6.07, 6.45) is 2.82. The van der Waals surface area contributed by atoms with Crippen molar-refractivity contribution in [3.8, 4) is 11.3 Å². The first-order valence-corrected chi connectivity index (χ1v) is 13.2. The van der Waals surface area contributed by atoms with Gasteiger partial charge in [-0.05, 0) is 85.4 Å². The second-order valence-electron chi connectivity index (χ2n) is 8.71. The molecule has 0 saturated heterocycles. The number of halogens is 2. The number of hydrogen-bond donors (Lipinski definition) is 3. The van der Waals surface area contributed by atoms with Gasteiger partial charge in [-0.3, -0.25) is 14.9 Å². The van der Waals surface area contributed by atoms with E-state index >= 15 is 0 Å². The molecule has 7 nitrogen and oxygen atoms in total. The summed E-state index contributed by atoms with van der Waals surface area (Å²) >= 11 is 17.6. The molecule has 5 aromatic rings. The summed E-state index contributed by atoms with van der Waals surface area (Å²) in [7, 11) is 0. The van der Waals surface area contributed by atoms with Crippen LogP contribution in [0.25, 0.3) is 28.4 Å². The number of aryl methyl sites for hydroxylation is 1. The zero-order valence-corrected chi connectivity index (χ0v) is 23.3. The normalized spacial score (nSPS) is 11.1. The van der Waals surface area contributed by atoms with Gasteiger partial charge in [-0.25, -0.2) is 0 Å². The monoisotopic (exact) mass is 589 g/mol. The van der Waals surface area contributed by atoms with Crippen LogP contribution in [0.3, 0.4) is 0 Å². The van der Waals surface area contributed by atoms with E-state index in [0.717, 1.165) is 10.9 Å². The van der Waals surface area contributed by atoms with Gasteiger partial charge in [0.15, 0.2) is 10.9 Å². The summed E-state index contributed by atoms with van der Waals surface area (Å²) < 4.78 is 11.4. The van der Waals surface area contributed by atoms with Crippen molar-refractivity contribution in [2.75, 3.05) is 10.6 Å². The standard InChI is InChI=1S/C30H21Cl2N3O4S/c1-17-15-19(9-12-23(17)34-29(37)26-16-18-5-2-3-8-24(18)39-26)33-30(40)35-27(36)14-11-20-10-13-25(38-20)21-6-4-7-22(31)28(21)32/h2-16H,1H3,(H,34,37)(H2,33,35,36,40)/b14-11+. The molecule has 0 radical (unpaired) electrons. The van der Waals surface area contributed by atoms with E-state index in [4.69, 9.17) is 44.3 Å². The van der Waals surface area contributed by atoms with Crippen LogP contribution in [-0.2, 0) is 4.79 Å². The molecule has 0 bridgehead atoms. The number of benzene rings is 3. The van der Waals surface area contributed by atoms with E-state index in [0.29, 0.717) is 44.1 Å². The van der Waals surface area contributed by atoms with Crippen LogP contribution in [0.2, 0.25) is 10.0 Å². The van der Waals surface area contributed by atoms with E-state index in [2.05, 4.69) is 16.0 Å². The molecular weight excluding hydrogens is 569 g/mol. The van der Waals surface area contributed by atoms with Crippen LogP contribution in [0.4, 0.5) is 11.4 Å². The Bertz CT molecular complexity index is 1760. The minimum absolute atomic E-state index is 0.110. The van der Waals surface area contributed by atoms with Gasteiger partial charge in [0, 0.05) is 28.4 Å². The molecule has 0 aliphatic carbocycles. The maximum absolute atomic E-state index is 12.7. The number of rotatable bonds is 6. The van der Waals surface area contributed by atoms with Crippen LogP contribution < -0.4 is 16.0 Å². The smallest absolute Gasteiger partial charge is 0.291 e. The second kappa shape index (κ2) is 11.8. The Morgan fingerprint density at radius 3 is 2.52 bits per heavy atom. The Morgan fingerprint density at radius 1 is 0.900 bits per heavy atom. The highest BCUT2D eigenvalue weighted by Gasteiger charge is 2.14. The molecule has 200 valence electrons. The average molecular weight is 590 g/mol. The molecule has 2 heterocycles. The number of fused-ring (bicyclic) bond motifs is 1. The average Bonchev–Trinajstić information content (AvgIpc) is 3.58. The van der Waals surface area contributed by atoms with Gasteiger partial charge in [-0.2, -0.15) is 0 Å². The Balaban J connectivity index is 1.16. The van der Waals surface area contributed by atoms with E-state index in [1.165, 1.54) is 12.2 Å². The molecule has 2 aromatic heterocycles. The number of para-hydroxylation sites is 1. The Kier molecular flexibility index (Phi) is 8.02. The van der Waals surface area contributed by atoms with Gasteiger partial charge in [-0.15, -0.1) is 0 Å². The first-order chi connectivity index (χ1) is 19.3. The minimum atomic E-state index is -0.442. The number of amides is 2. The molecule has 3 aromatic carbocycles. The maximum atomic E-state index is 12.7. The zero-order valence-electron chi connectivity index (χ0n) is 21.0. The fourth-order valence-electron chi connectivity index (χ4n) is 3.91. The number of carbonyl (C=O) groups excluding carboxylic acids is 2. The lowest BCUT2D eigenvalue weighted by Gasteiger charge is -2.12. The second-order valence-corrected chi connectivity index (χ2v) is 9.91. The highest BCUT2D eigenvalue weighted by molar-refractivity contribution is 7.80. The molecule has 0 atom stereocenters. The number of anilines is 2. The summed E-state index contributed by atoms with van der Waals surface area (Å²) in [4.78, 5) is 25.0. The van der Waals surface area contributed by atoms with Crippen molar-refractivity contribution in [2.45, 2.75) is 6.92 Å². The van der Waals surface area contributed by atoms with Crippen LogP contribution in [0.5, 0.6) is 0 Å². The number of hydrogen-bond acceptors (Lipinski definition) is 5. The molecule has 0 aliphatic rings. The lowest BCUT2D eigenvalue weighted by atomic mass is 10.1. The number of thiocarbonyl (C=S) groups is 1. The predicted molar refractivity (Wildman–Crippen MR) is 163 cm³/mol. The first-order valence-electron chi connectivity index (χ1n) is 12.0. The lowest BCUT2D eigenvalue weighted by molar-refractivity contribution is -0.115. The van der Waals surface area contributed by atoms with Crippen molar-refractivity contribution >= 4 is 80.8 Å². The Labute approximate surface area is 244 Å². The molecule has 0 saturated carbocycles. The van der Waals surface area contributed by atoms with Crippen LogP contribution in [0.1, 0.15) is 21.9 Å². The SMILES string of the molecule is Cc1cc(NC(=S)NC(=O)/C=C/c2ccc(-c3cccc(Cl)c3Cl)o2)ccc1NC(=O)c1cc2ccccc2o1. The van der Waals surface area contributed by atoms with E-state index < -0.39 is 5.91 Å². The highest BCUT2D eigenvalue weighted by atomic mass is 35.5. The third kappa shape index (κ3) is 6.26. The van der Waals surface area contributed by atoms with Gasteiger partial charge in [-0.1, -0.05) is 47.5 Å². The van der Waals surface area contributed by atoms with Crippen LogP contribution in [0, 0.1) is 6.92 Å². The van der Waals surface area contributed by atoms with Gasteiger partial charge >= 0.3 is 0 Å². The third-order valence-electron chi connectivity index (χ3n) is 5.86. The molecule has 3 N–H and O–H groups in total. The third-order valence-corrected chi connectivity index (χ3v) is 6.88. The molecule has 2 amide bonds. The summed E-state index contributed by atoms with van der Waals surface area (Å²) in [5, 5.41) is 10.2. The topological polar surface area (TPSA) is 96.5 Å². The fourth-order valence-corrected chi connectivity index (χ4v) is 4.53. The minimum Gasteiger partial charge on any atom is -0.457 e. The molecule has 0 aliphatic heterocycles.